The Kier molecular flexibility index (Phi) is 5.40. The van der Waals surface area contributed by atoms with Gasteiger partial charge >= 0.3 is 0 Å². The predicted molar refractivity (Wildman–Crippen MR) is 87.5 cm³/mol. The number of nitrogens with zero attached hydrogens (tertiary/aromatic N) is 1. The summed E-state index contributed by atoms with van der Waals surface area (Å²) in [6.07, 6.45) is -0.601. The van der Waals surface area contributed by atoms with Crippen LogP contribution >= 0.6 is 0 Å². The minimum absolute atomic E-state index is 0.0768. The van der Waals surface area contributed by atoms with Crippen molar-refractivity contribution in [2.24, 2.45) is 0 Å². The van der Waals surface area contributed by atoms with E-state index in [2.05, 4.69) is 0 Å². The number of rotatable bonds is 5. The summed E-state index contributed by atoms with van der Waals surface area (Å²) in [6, 6.07) is 11.8. The molecule has 132 valence electrons. The van der Waals surface area contributed by atoms with Crippen molar-refractivity contribution < 1.29 is 23.4 Å². The first-order valence-electron chi connectivity index (χ1n) is 8.08. The zero-order valence-corrected chi connectivity index (χ0v) is 13.6. The maximum absolute atomic E-state index is 14.0. The molecule has 1 fully saturated rings. The van der Waals surface area contributed by atoms with Crippen molar-refractivity contribution >= 4 is 5.91 Å². The van der Waals surface area contributed by atoms with Crippen molar-refractivity contribution in [3.8, 4) is 0 Å². The first kappa shape index (κ1) is 17.5. The Morgan fingerprint density at radius 3 is 2.72 bits per heavy atom. The molecule has 25 heavy (non-hydrogen) atoms. The number of hydrogen-bond donors (Lipinski definition) is 1. The number of amides is 1. The monoisotopic (exact) mass is 347 g/mol. The van der Waals surface area contributed by atoms with Crippen molar-refractivity contribution in [3.63, 3.8) is 0 Å². The molecule has 0 radical (unpaired) electrons. The zero-order chi connectivity index (χ0) is 17.8. The summed E-state index contributed by atoms with van der Waals surface area (Å²) in [6.45, 7) is 0.172. The fourth-order valence-electron chi connectivity index (χ4n) is 3.07. The molecule has 0 unspecified atom stereocenters. The smallest absolute Gasteiger partial charge is 0.249 e. The van der Waals surface area contributed by atoms with E-state index in [0.29, 0.717) is 0 Å². The van der Waals surface area contributed by atoms with E-state index in [0.717, 1.165) is 23.8 Å². The fraction of sp³-hybridized carbons (Fsp3) is 0.316. The third-order valence-electron chi connectivity index (χ3n) is 4.25. The lowest BCUT2D eigenvalue weighted by molar-refractivity contribution is -0.137. The number of aliphatic hydroxyl groups excluding tert-OH is 1. The summed E-state index contributed by atoms with van der Waals surface area (Å²) in [7, 11) is 0. The summed E-state index contributed by atoms with van der Waals surface area (Å²) in [4.78, 5) is 13.8. The average Bonchev–Trinajstić information content (AvgIpc) is 2.99. The SMILES string of the molecule is O=C(COCc1ccccc1)N1C[C@@H](O)C[C@H]1c1cc(F)ccc1F. The molecule has 1 aliphatic rings. The standard InChI is InChI=1S/C19H19F2NO3/c20-14-6-7-17(21)16(8-14)18-9-15(23)10-22(18)19(24)12-25-11-13-4-2-1-3-5-13/h1-8,15,18,23H,9-12H2/t15-,18-/m0/s1. The van der Waals surface area contributed by atoms with E-state index in [1.54, 1.807) is 0 Å². The minimum atomic E-state index is -0.772. The second kappa shape index (κ2) is 7.72. The molecular formula is C19H19F2NO3. The van der Waals surface area contributed by atoms with Crippen molar-refractivity contribution in [2.45, 2.75) is 25.2 Å². The van der Waals surface area contributed by atoms with Gasteiger partial charge in [0.05, 0.1) is 18.8 Å². The van der Waals surface area contributed by atoms with Gasteiger partial charge in [-0.05, 0) is 30.2 Å². The van der Waals surface area contributed by atoms with Crippen LogP contribution < -0.4 is 0 Å². The minimum Gasteiger partial charge on any atom is -0.391 e. The normalized spacial score (nSPS) is 20.0. The summed E-state index contributed by atoms with van der Waals surface area (Å²) in [5.74, 6) is -1.53. The number of likely N-dealkylation sites (tertiary alicyclic amines) is 1. The van der Waals surface area contributed by atoms with Crippen LogP contribution in [0.2, 0.25) is 0 Å². The van der Waals surface area contributed by atoms with Gasteiger partial charge in [0.25, 0.3) is 0 Å². The first-order chi connectivity index (χ1) is 12.0. The molecule has 2 atom stereocenters. The molecule has 1 heterocycles. The van der Waals surface area contributed by atoms with Crippen molar-refractivity contribution in [3.05, 3.63) is 71.3 Å². The van der Waals surface area contributed by atoms with Gasteiger partial charge < -0.3 is 14.7 Å². The van der Waals surface area contributed by atoms with Crippen LogP contribution in [0.1, 0.15) is 23.6 Å². The Balaban J connectivity index is 1.66. The Morgan fingerprint density at radius 2 is 1.96 bits per heavy atom. The van der Waals surface area contributed by atoms with Gasteiger partial charge in [-0.2, -0.15) is 0 Å². The molecule has 0 saturated carbocycles. The number of hydrogen-bond acceptors (Lipinski definition) is 3. The lowest BCUT2D eigenvalue weighted by Crippen LogP contribution is -2.35. The molecule has 0 aromatic heterocycles. The van der Waals surface area contributed by atoms with E-state index in [1.807, 2.05) is 30.3 Å². The highest BCUT2D eigenvalue weighted by Gasteiger charge is 2.36. The highest BCUT2D eigenvalue weighted by Crippen LogP contribution is 2.34. The Labute approximate surface area is 144 Å². The van der Waals surface area contributed by atoms with Gasteiger partial charge in [-0.15, -0.1) is 0 Å². The number of halogens is 2. The molecule has 0 aliphatic carbocycles. The van der Waals surface area contributed by atoms with Gasteiger partial charge in [-0.25, -0.2) is 8.78 Å². The van der Waals surface area contributed by atoms with Gasteiger partial charge in [-0.1, -0.05) is 30.3 Å². The molecule has 1 saturated heterocycles. The van der Waals surface area contributed by atoms with E-state index < -0.39 is 23.8 Å². The molecule has 0 bridgehead atoms. The molecular weight excluding hydrogens is 328 g/mol. The Bertz CT molecular complexity index is 739. The Hall–Kier alpha value is -2.31. The van der Waals surface area contributed by atoms with E-state index in [-0.39, 0.29) is 37.6 Å². The maximum Gasteiger partial charge on any atom is 0.249 e. The van der Waals surface area contributed by atoms with Gasteiger partial charge in [0.1, 0.15) is 18.2 Å². The maximum atomic E-state index is 14.0. The summed E-state index contributed by atoms with van der Waals surface area (Å²) in [5.41, 5.74) is 1.01. The second-order valence-electron chi connectivity index (χ2n) is 6.10. The zero-order valence-electron chi connectivity index (χ0n) is 13.6. The lowest BCUT2D eigenvalue weighted by Gasteiger charge is -2.25. The number of carbonyl (C=O) groups is 1. The average molecular weight is 347 g/mol. The fourth-order valence-corrected chi connectivity index (χ4v) is 3.07. The summed E-state index contributed by atoms with van der Waals surface area (Å²) < 4.78 is 32.9. The van der Waals surface area contributed by atoms with Crippen LogP contribution in [0.15, 0.2) is 48.5 Å². The quantitative estimate of drug-likeness (QED) is 0.905. The van der Waals surface area contributed by atoms with E-state index >= 15 is 0 Å². The second-order valence-corrected chi connectivity index (χ2v) is 6.10. The van der Waals surface area contributed by atoms with Crippen molar-refractivity contribution in [2.75, 3.05) is 13.2 Å². The highest BCUT2D eigenvalue weighted by molar-refractivity contribution is 5.78. The van der Waals surface area contributed by atoms with Gasteiger partial charge in [0, 0.05) is 12.1 Å². The van der Waals surface area contributed by atoms with Crippen LogP contribution in [0.5, 0.6) is 0 Å². The van der Waals surface area contributed by atoms with Crippen LogP contribution in [0.4, 0.5) is 8.78 Å². The Morgan fingerprint density at radius 1 is 1.20 bits per heavy atom. The molecule has 4 nitrogen and oxygen atoms in total. The highest BCUT2D eigenvalue weighted by atomic mass is 19.1. The molecule has 2 aromatic rings. The molecule has 1 amide bonds. The van der Waals surface area contributed by atoms with Crippen LogP contribution in [0, 0.1) is 11.6 Å². The number of aliphatic hydroxyl groups is 1. The van der Waals surface area contributed by atoms with Crippen LogP contribution in [-0.2, 0) is 16.1 Å². The number of β-amino-alcohol motifs (C(OH)–C–C–N with tert-alkyl or cyclic N) is 1. The summed E-state index contributed by atoms with van der Waals surface area (Å²) >= 11 is 0. The van der Waals surface area contributed by atoms with Gasteiger partial charge in [0.15, 0.2) is 0 Å². The third kappa shape index (κ3) is 4.21. The van der Waals surface area contributed by atoms with Gasteiger partial charge in [-0.3, -0.25) is 4.79 Å². The van der Waals surface area contributed by atoms with E-state index in [1.165, 1.54) is 4.90 Å². The lowest BCUT2D eigenvalue weighted by atomic mass is 10.0. The molecule has 6 heteroatoms. The number of benzene rings is 2. The molecule has 0 spiro atoms. The van der Waals surface area contributed by atoms with Gasteiger partial charge in [0.2, 0.25) is 5.91 Å². The first-order valence-corrected chi connectivity index (χ1v) is 8.08. The topological polar surface area (TPSA) is 49.8 Å². The molecule has 3 rings (SSSR count). The van der Waals surface area contributed by atoms with E-state index in [9.17, 15) is 18.7 Å². The van der Waals surface area contributed by atoms with Crippen molar-refractivity contribution in [1.82, 2.24) is 4.90 Å². The van der Waals surface area contributed by atoms with Crippen LogP contribution in [0.3, 0.4) is 0 Å². The van der Waals surface area contributed by atoms with Crippen molar-refractivity contribution in [1.29, 1.82) is 0 Å². The van der Waals surface area contributed by atoms with Crippen LogP contribution in [-0.4, -0.2) is 35.2 Å². The molecule has 2 aromatic carbocycles. The largest absolute Gasteiger partial charge is 0.391 e. The number of ether oxygens (including phenoxy) is 1. The van der Waals surface area contributed by atoms with Crippen LogP contribution in [0.25, 0.3) is 0 Å². The summed E-state index contributed by atoms with van der Waals surface area (Å²) in [5, 5.41) is 9.89. The third-order valence-corrected chi connectivity index (χ3v) is 4.25. The molecule has 1 N–H and O–H groups in total. The van der Waals surface area contributed by atoms with E-state index in [4.69, 9.17) is 4.74 Å². The predicted octanol–water partition coefficient (Wildman–Crippen LogP) is 2.82. The molecule has 1 aliphatic heterocycles. The number of carbonyl (C=O) groups excluding carboxylic acids is 1.